The van der Waals surface area contributed by atoms with E-state index in [1.807, 2.05) is 12.1 Å². The van der Waals surface area contributed by atoms with Crippen LogP contribution >= 0.6 is 0 Å². The zero-order valence-electron chi connectivity index (χ0n) is 9.99. The highest BCUT2D eigenvalue weighted by Crippen LogP contribution is 2.23. The van der Waals surface area contributed by atoms with Gasteiger partial charge in [-0.3, -0.25) is 0 Å². The summed E-state index contributed by atoms with van der Waals surface area (Å²) in [5, 5.41) is 8.88. The average molecular weight is 255 g/mol. The molecule has 19 heavy (non-hydrogen) atoms. The predicted molar refractivity (Wildman–Crippen MR) is 66.7 cm³/mol. The number of hydrogen-bond acceptors (Lipinski definition) is 5. The quantitative estimate of drug-likeness (QED) is 0.755. The van der Waals surface area contributed by atoms with E-state index < -0.39 is 5.97 Å². The SMILES string of the molecule is Cc1nc2ccc(-c3ccnc(C(=O)O)n3)cc2o1. The number of rotatable bonds is 2. The van der Waals surface area contributed by atoms with Crippen LogP contribution in [0.4, 0.5) is 0 Å². The predicted octanol–water partition coefficient (Wildman–Crippen LogP) is 2.29. The summed E-state index contributed by atoms with van der Waals surface area (Å²) in [5.41, 5.74) is 2.69. The minimum absolute atomic E-state index is 0.230. The largest absolute Gasteiger partial charge is 0.475 e. The first-order chi connectivity index (χ1) is 9.13. The van der Waals surface area contributed by atoms with Crippen molar-refractivity contribution in [2.45, 2.75) is 6.92 Å². The molecule has 0 spiro atoms. The second-order valence-electron chi connectivity index (χ2n) is 3.99. The lowest BCUT2D eigenvalue weighted by Crippen LogP contribution is -2.04. The van der Waals surface area contributed by atoms with Crippen molar-refractivity contribution >= 4 is 17.1 Å². The van der Waals surface area contributed by atoms with Gasteiger partial charge in [-0.05, 0) is 18.2 Å². The van der Waals surface area contributed by atoms with Crippen LogP contribution in [0, 0.1) is 6.92 Å². The number of oxazole rings is 1. The number of carboxylic acids is 1. The number of aryl methyl sites for hydroxylation is 1. The summed E-state index contributed by atoms with van der Waals surface area (Å²) >= 11 is 0. The first-order valence-electron chi connectivity index (χ1n) is 5.57. The van der Waals surface area contributed by atoms with Crippen LogP contribution in [0.15, 0.2) is 34.9 Å². The maximum Gasteiger partial charge on any atom is 0.373 e. The first-order valence-corrected chi connectivity index (χ1v) is 5.57. The number of aromatic carboxylic acids is 1. The smallest absolute Gasteiger partial charge is 0.373 e. The van der Waals surface area contributed by atoms with E-state index in [1.54, 1.807) is 19.1 Å². The summed E-state index contributed by atoms with van der Waals surface area (Å²) in [6.07, 6.45) is 1.42. The molecule has 0 saturated carbocycles. The van der Waals surface area contributed by atoms with Crippen molar-refractivity contribution < 1.29 is 14.3 Å². The summed E-state index contributed by atoms with van der Waals surface area (Å²) in [4.78, 5) is 22.7. The number of carboxylic acid groups (broad SMARTS) is 1. The van der Waals surface area contributed by atoms with Gasteiger partial charge >= 0.3 is 5.97 Å². The number of benzene rings is 1. The monoisotopic (exact) mass is 255 g/mol. The normalized spacial score (nSPS) is 10.8. The van der Waals surface area contributed by atoms with E-state index >= 15 is 0 Å². The van der Waals surface area contributed by atoms with Gasteiger partial charge in [-0.2, -0.15) is 0 Å². The van der Waals surface area contributed by atoms with Crippen LogP contribution in [-0.2, 0) is 0 Å². The molecule has 1 N–H and O–H groups in total. The molecule has 0 aliphatic carbocycles. The van der Waals surface area contributed by atoms with Crippen LogP contribution in [0.25, 0.3) is 22.4 Å². The highest BCUT2D eigenvalue weighted by Gasteiger charge is 2.10. The lowest BCUT2D eigenvalue weighted by atomic mass is 10.1. The van der Waals surface area contributed by atoms with Gasteiger partial charge in [0.2, 0.25) is 5.82 Å². The Morgan fingerprint density at radius 3 is 2.89 bits per heavy atom. The molecule has 0 aliphatic rings. The number of nitrogens with zero attached hydrogens (tertiary/aromatic N) is 3. The third-order valence-electron chi connectivity index (χ3n) is 2.64. The van der Waals surface area contributed by atoms with Gasteiger partial charge < -0.3 is 9.52 Å². The van der Waals surface area contributed by atoms with Gasteiger partial charge in [0.05, 0.1) is 5.69 Å². The molecule has 3 rings (SSSR count). The summed E-state index contributed by atoms with van der Waals surface area (Å²) in [7, 11) is 0. The summed E-state index contributed by atoms with van der Waals surface area (Å²) in [5.74, 6) is -0.800. The van der Waals surface area contributed by atoms with Crippen molar-refractivity contribution in [1.29, 1.82) is 0 Å². The molecule has 1 aromatic carbocycles. The van der Waals surface area contributed by atoms with Crippen molar-refractivity contribution in [2.24, 2.45) is 0 Å². The lowest BCUT2D eigenvalue weighted by Gasteiger charge is -2.00. The fourth-order valence-corrected chi connectivity index (χ4v) is 1.82. The molecule has 6 nitrogen and oxygen atoms in total. The van der Waals surface area contributed by atoms with Crippen molar-refractivity contribution in [1.82, 2.24) is 15.0 Å². The molecule has 0 fully saturated rings. The van der Waals surface area contributed by atoms with Gasteiger partial charge in [0.15, 0.2) is 11.5 Å². The molecular weight excluding hydrogens is 246 g/mol. The Morgan fingerprint density at radius 1 is 1.26 bits per heavy atom. The van der Waals surface area contributed by atoms with E-state index in [0.29, 0.717) is 17.2 Å². The molecule has 0 saturated heterocycles. The third kappa shape index (κ3) is 2.03. The molecule has 0 atom stereocenters. The van der Waals surface area contributed by atoms with E-state index in [0.717, 1.165) is 11.1 Å². The van der Waals surface area contributed by atoms with Crippen LogP contribution in [0.3, 0.4) is 0 Å². The third-order valence-corrected chi connectivity index (χ3v) is 2.64. The molecule has 0 unspecified atom stereocenters. The highest BCUT2D eigenvalue weighted by molar-refractivity contribution is 5.84. The van der Waals surface area contributed by atoms with Crippen LogP contribution in [0.2, 0.25) is 0 Å². The van der Waals surface area contributed by atoms with Crippen LogP contribution in [-0.4, -0.2) is 26.0 Å². The Bertz CT molecular complexity index is 780. The van der Waals surface area contributed by atoms with Gasteiger partial charge in [0.1, 0.15) is 5.52 Å². The molecule has 6 heteroatoms. The maximum absolute atomic E-state index is 10.8. The Hall–Kier alpha value is -2.76. The number of hydrogen-bond donors (Lipinski definition) is 1. The second kappa shape index (κ2) is 4.16. The lowest BCUT2D eigenvalue weighted by molar-refractivity contribution is 0.0683. The molecule has 2 aromatic heterocycles. The van der Waals surface area contributed by atoms with Crippen LogP contribution < -0.4 is 0 Å². The zero-order valence-corrected chi connectivity index (χ0v) is 9.99. The Kier molecular flexibility index (Phi) is 2.49. The topological polar surface area (TPSA) is 89.1 Å². The number of aromatic nitrogens is 3. The molecule has 2 heterocycles. The van der Waals surface area contributed by atoms with E-state index in [9.17, 15) is 4.79 Å². The molecule has 94 valence electrons. The summed E-state index contributed by atoms with van der Waals surface area (Å²) in [6.45, 7) is 1.77. The van der Waals surface area contributed by atoms with Crippen LogP contribution in [0.5, 0.6) is 0 Å². The van der Waals surface area contributed by atoms with Gasteiger partial charge in [-0.15, -0.1) is 0 Å². The molecular formula is C13H9N3O3. The van der Waals surface area contributed by atoms with Gasteiger partial charge in [0.25, 0.3) is 0 Å². The minimum Gasteiger partial charge on any atom is -0.475 e. The molecule has 0 amide bonds. The summed E-state index contributed by atoms with van der Waals surface area (Å²) < 4.78 is 5.44. The van der Waals surface area contributed by atoms with E-state index in [2.05, 4.69) is 15.0 Å². The fourth-order valence-electron chi connectivity index (χ4n) is 1.82. The van der Waals surface area contributed by atoms with Crippen molar-refractivity contribution in [2.75, 3.05) is 0 Å². The zero-order chi connectivity index (χ0) is 13.4. The van der Waals surface area contributed by atoms with Crippen molar-refractivity contribution in [3.63, 3.8) is 0 Å². The standard InChI is InChI=1S/C13H9N3O3/c1-7-15-10-3-2-8(6-11(10)19-7)9-4-5-14-12(16-9)13(17)18/h2-6H,1H3,(H,17,18). The Balaban J connectivity index is 2.12. The molecule has 0 aliphatic heterocycles. The van der Waals surface area contributed by atoms with E-state index in [1.165, 1.54) is 6.20 Å². The molecule has 0 bridgehead atoms. The minimum atomic E-state index is -1.15. The highest BCUT2D eigenvalue weighted by atomic mass is 16.4. The number of fused-ring (bicyclic) bond motifs is 1. The van der Waals surface area contributed by atoms with Gasteiger partial charge in [0, 0.05) is 18.7 Å². The maximum atomic E-state index is 10.8. The molecule has 0 radical (unpaired) electrons. The van der Waals surface area contributed by atoms with Crippen LogP contribution in [0.1, 0.15) is 16.5 Å². The van der Waals surface area contributed by atoms with E-state index in [-0.39, 0.29) is 5.82 Å². The first kappa shape index (κ1) is 11.3. The molecule has 3 aromatic rings. The average Bonchev–Trinajstić information content (AvgIpc) is 2.77. The van der Waals surface area contributed by atoms with Crippen molar-refractivity contribution in [3.05, 3.63) is 42.2 Å². The van der Waals surface area contributed by atoms with E-state index in [4.69, 9.17) is 9.52 Å². The number of carbonyl (C=O) groups is 1. The van der Waals surface area contributed by atoms with Gasteiger partial charge in [-0.25, -0.2) is 19.7 Å². The Labute approximate surface area is 107 Å². The fraction of sp³-hybridized carbons (Fsp3) is 0.0769. The van der Waals surface area contributed by atoms with Crippen molar-refractivity contribution in [3.8, 4) is 11.3 Å². The second-order valence-corrected chi connectivity index (χ2v) is 3.99. The van der Waals surface area contributed by atoms with Gasteiger partial charge in [-0.1, -0.05) is 6.07 Å². The Morgan fingerprint density at radius 2 is 2.11 bits per heavy atom. The summed E-state index contributed by atoms with van der Waals surface area (Å²) in [6, 6.07) is 7.06.